The van der Waals surface area contributed by atoms with Crippen molar-refractivity contribution in [3.63, 3.8) is 0 Å². The lowest BCUT2D eigenvalue weighted by atomic mass is 9.89. The standard InChI is InChI=1S/C17H24ClNO3/c1-3-17(22-2,14-11-7-8-12-15(14)18)19(16(20)21)13-9-5-4-6-10-13/h7-8,11-13H,3-6,9-10H2,1-2H3,(H,20,21). The number of nitrogens with zero attached hydrogens (tertiary/aromatic N) is 1. The van der Waals surface area contributed by atoms with Crippen LogP contribution in [0.5, 0.6) is 0 Å². The molecule has 5 heteroatoms. The molecule has 22 heavy (non-hydrogen) atoms. The zero-order valence-electron chi connectivity index (χ0n) is 13.2. The van der Waals surface area contributed by atoms with Crippen LogP contribution in [-0.2, 0) is 10.5 Å². The Morgan fingerprint density at radius 2 is 2.00 bits per heavy atom. The third-order valence-electron chi connectivity index (χ3n) is 4.65. The molecule has 0 spiro atoms. The minimum atomic E-state index is -1.04. The molecule has 1 saturated carbocycles. The molecule has 0 bridgehead atoms. The van der Waals surface area contributed by atoms with Gasteiger partial charge in [0.15, 0.2) is 5.72 Å². The minimum absolute atomic E-state index is 0.0255. The van der Waals surface area contributed by atoms with E-state index in [1.54, 1.807) is 13.2 Å². The van der Waals surface area contributed by atoms with Crippen LogP contribution >= 0.6 is 11.6 Å². The Kier molecular flexibility index (Phi) is 5.70. The van der Waals surface area contributed by atoms with E-state index in [-0.39, 0.29) is 6.04 Å². The van der Waals surface area contributed by atoms with Gasteiger partial charge in [-0.1, -0.05) is 56.0 Å². The topological polar surface area (TPSA) is 49.8 Å². The van der Waals surface area contributed by atoms with Gasteiger partial charge in [0, 0.05) is 23.7 Å². The number of carbonyl (C=O) groups is 1. The summed E-state index contributed by atoms with van der Waals surface area (Å²) >= 11 is 6.35. The molecule has 4 nitrogen and oxygen atoms in total. The van der Waals surface area contributed by atoms with E-state index in [0.717, 1.165) is 31.2 Å². The molecular weight excluding hydrogens is 302 g/mol. The van der Waals surface area contributed by atoms with E-state index in [1.807, 2.05) is 25.1 Å². The first-order valence-electron chi connectivity index (χ1n) is 7.89. The summed E-state index contributed by atoms with van der Waals surface area (Å²) in [5.41, 5.74) is -0.318. The van der Waals surface area contributed by atoms with Crippen molar-refractivity contribution in [2.75, 3.05) is 7.11 Å². The predicted molar refractivity (Wildman–Crippen MR) is 87.2 cm³/mol. The second-order valence-electron chi connectivity index (χ2n) is 5.77. The fourth-order valence-corrected chi connectivity index (χ4v) is 3.85. The summed E-state index contributed by atoms with van der Waals surface area (Å²) in [5, 5.41) is 10.4. The van der Waals surface area contributed by atoms with Crippen molar-refractivity contribution in [1.29, 1.82) is 0 Å². The normalized spacial score (nSPS) is 18.7. The Labute approximate surface area is 137 Å². The van der Waals surface area contributed by atoms with Gasteiger partial charge in [-0.3, -0.25) is 4.90 Å². The van der Waals surface area contributed by atoms with Crippen molar-refractivity contribution < 1.29 is 14.6 Å². The van der Waals surface area contributed by atoms with E-state index < -0.39 is 11.8 Å². The molecule has 1 atom stereocenters. The number of rotatable bonds is 5. The maximum absolute atomic E-state index is 12.1. The molecule has 0 heterocycles. The van der Waals surface area contributed by atoms with Crippen LogP contribution < -0.4 is 0 Å². The highest BCUT2D eigenvalue weighted by molar-refractivity contribution is 6.31. The minimum Gasteiger partial charge on any atom is -0.465 e. The van der Waals surface area contributed by atoms with Gasteiger partial charge < -0.3 is 9.84 Å². The number of halogens is 1. The molecule has 1 aliphatic rings. The fraction of sp³-hybridized carbons (Fsp3) is 0.588. The summed E-state index contributed by atoms with van der Waals surface area (Å²) in [6, 6.07) is 7.32. The molecule has 1 aromatic rings. The number of hydrogen-bond donors (Lipinski definition) is 1. The number of benzene rings is 1. The number of amides is 1. The first-order valence-corrected chi connectivity index (χ1v) is 8.27. The molecular formula is C17H24ClNO3. The molecule has 1 fully saturated rings. The van der Waals surface area contributed by atoms with Crippen molar-refractivity contribution in [1.82, 2.24) is 4.90 Å². The molecule has 2 rings (SSSR count). The van der Waals surface area contributed by atoms with Crippen molar-refractivity contribution in [2.24, 2.45) is 0 Å². The lowest BCUT2D eigenvalue weighted by molar-refractivity contribution is -0.150. The summed E-state index contributed by atoms with van der Waals surface area (Å²) in [6.07, 6.45) is 4.60. The average Bonchev–Trinajstić information content (AvgIpc) is 2.54. The van der Waals surface area contributed by atoms with E-state index in [2.05, 4.69) is 0 Å². The molecule has 1 aromatic carbocycles. The maximum Gasteiger partial charge on any atom is 0.410 e. The summed E-state index contributed by atoms with van der Waals surface area (Å²) in [5.74, 6) is 0. The van der Waals surface area contributed by atoms with Crippen molar-refractivity contribution in [2.45, 2.75) is 57.2 Å². The Bertz CT molecular complexity index is 510. The van der Waals surface area contributed by atoms with Crippen molar-refractivity contribution >= 4 is 17.7 Å². The monoisotopic (exact) mass is 325 g/mol. The van der Waals surface area contributed by atoms with Gasteiger partial charge in [-0.05, 0) is 25.3 Å². The summed E-state index contributed by atoms with van der Waals surface area (Å²) < 4.78 is 5.79. The van der Waals surface area contributed by atoms with Gasteiger partial charge in [0.05, 0.1) is 0 Å². The Morgan fingerprint density at radius 3 is 2.50 bits per heavy atom. The molecule has 1 aliphatic carbocycles. The Hall–Kier alpha value is -1.26. The van der Waals surface area contributed by atoms with E-state index in [0.29, 0.717) is 11.4 Å². The molecule has 1 N–H and O–H groups in total. The van der Waals surface area contributed by atoms with Gasteiger partial charge in [0.2, 0.25) is 0 Å². The van der Waals surface area contributed by atoms with Crippen LogP contribution in [0.1, 0.15) is 51.0 Å². The molecule has 1 unspecified atom stereocenters. The molecule has 0 aliphatic heterocycles. The van der Waals surface area contributed by atoms with Gasteiger partial charge >= 0.3 is 6.09 Å². The highest BCUT2D eigenvalue weighted by atomic mass is 35.5. The fourth-order valence-electron chi connectivity index (χ4n) is 3.57. The smallest absolute Gasteiger partial charge is 0.410 e. The second kappa shape index (κ2) is 7.34. The summed E-state index contributed by atoms with van der Waals surface area (Å²) in [7, 11) is 1.56. The quantitative estimate of drug-likeness (QED) is 0.786. The largest absolute Gasteiger partial charge is 0.465 e. The highest BCUT2D eigenvalue weighted by Gasteiger charge is 2.45. The Morgan fingerprint density at radius 1 is 1.36 bits per heavy atom. The van der Waals surface area contributed by atoms with Crippen LogP contribution in [0, 0.1) is 0 Å². The summed E-state index contributed by atoms with van der Waals surface area (Å²) in [4.78, 5) is 13.5. The van der Waals surface area contributed by atoms with E-state index >= 15 is 0 Å². The number of carboxylic acid groups (broad SMARTS) is 1. The molecule has 0 saturated heterocycles. The SMILES string of the molecule is CCC(OC)(c1ccccc1Cl)N(C(=O)O)C1CCCCC1. The molecule has 122 valence electrons. The van der Waals surface area contributed by atoms with Crippen LogP contribution in [0.25, 0.3) is 0 Å². The maximum atomic E-state index is 12.1. The van der Waals surface area contributed by atoms with Gasteiger partial charge in [0.25, 0.3) is 0 Å². The number of methoxy groups -OCH3 is 1. The zero-order valence-corrected chi connectivity index (χ0v) is 14.0. The van der Waals surface area contributed by atoms with Crippen LogP contribution in [0.3, 0.4) is 0 Å². The number of hydrogen-bond acceptors (Lipinski definition) is 2. The molecule has 1 amide bonds. The lowest BCUT2D eigenvalue weighted by Crippen LogP contribution is -2.55. The third-order valence-corrected chi connectivity index (χ3v) is 4.98. The zero-order chi connectivity index (χ0) is 16.2. The first kappa shape index (κ1) is 17.1. The van der Waals surface area contributed by atoms with Crippen molar-refractivity contribution in [3.05, 3.63) is 34.9 Å². The van der Waals surface area contributed by atoms with Gasteiger partial charge in [-0.2, -0.15) is 0 Å². The van der Waals surface area contributed by atoms with Gasteiger partial charge in [0.1, 0.15) is 0 Å². The van der Waals surface area contributed by atoms with Gasteiger partial charge in [-0.25, -0.2) is 4.79 Å². The average molecular weight is 326 g/mol. The lowest BCUT2D eigenvalue weighted by Gasteiger charge is -2.46. The van der Waals surface area contributed by atoms with E-state index in [9.17, 15) is 9.90 Å². The van der Waals surface area contributed by atoms with Crippen LogP contribution in [0.2, 0.25) is 5.02 Å². The first-order chi connectivity index (χ1) is 10.6. The van der Waals surface area contributed by atoms with Crippen LogP contribution in [0.15, 0.2) is 24.3 Å². The van der Waals surface area contributed by atoms with Crippen molar-refractivity contribution in [3.8, 4) is 0 Å². The third kappa shape index (κ3) is 3.08. The van der Waals surface area contributed by atoms with Gasteiger partial charge in [-0.15, -0.1) is 0 Å². The van der Waals surface area contributed by atoms with E-state index in [4.69, 9.17) is 16.3 Å². The van der Waals surface area contributed by atoms with Crippen LogP contribution in [-0.4, -0.2) is 29.3 Å². The van der Waals surface area contributed by atoms with Crippen LogP contribution in [0.4, 0.5) is 4.79 Å². The van der Waals surface area contributed by atoms with E-state index in [1.165, 1.54) is 11.3 Å². The number of ether oxygens (including phenoxy) is 1. The summed E-state index contributed by atoms with van der Waals surface area (Å²) in [6.45, 7) is 1.94. The predicted octanol–water partition coefficient (Wildman–Crippen LogP) is 4.86. The molecule has 0 radical (unpaired) electrons. The Balaban J connectivity index is 2.50. The second-order valence-corrected chi connectivity index (χ2v) is 6.17. The highest BCUT2D eigenvalue weighted by Crippen LogP contribution is 2.41. The molecule has 0 aromatic heterocycles.